The molecule has 0 fully saturated rings. The molecule has 1 aliphatic rings. The number of aliphatic imine (C=N–C) groups is 1. The minimum Gasteiger partial charge on any atom is -0.506 e. The fourth-order valence-corrected chi connectivity index (χ4v) is 4.12. The highest BCUT2D eigenvalue weighted by atomic mass is 79.9. The number of anilines is 1. The van der Waals surface area contributed by atoms with E-state index in [0.717, 1.165) is 0 Å². The Balaban J connectivity index is 1.57. The maximum atomic E-state index is 12.4. The zero-order chi connectivity index (χ0) is 27.1. The second-order valence-electron chi connectivity index (χ2n) is 7.99. The molecule has 1 aromatic carbocycles. The van der Waals surface area contributed by atoms with E-state index in [0.29, 0.717) is 11.6 Å². The Labute approximate surface area is 224 Å². The van der Waals surface area contributed by atoms with Gasteiger partial charge in [-0.25, -0.2) is 4.98 Å². The van der Waals surface area contributed by atoms with Gasteiger partial charge in [0.1, 0.15) is 17.5 Å². The maximum Gasteiger partial charge on any atom is 0.305 e. The van der Waals surface area contributed by atoms with Gasteiger partial charge < -0.3 is 41.7 Å². The van der Waals surface area contributed by atoms with Crippen molar-refractivity contribution in [3.05, 3.63) is 51.2 Å². The first-order valence-electron chi connectivity index (χ1n) is 10.9. The van der Waals surface area contributed by atoms with E-state index in [2.05, 4.69) is 47.2 Å². The Morgan fingerprint density at radius 3 is 2.65 bits per heavy atom. The van der Waals surface area contributed by atoms with Gasteiger partial charge in [0.05, 0.1) is 48.0 Å². The number of phenolic OH excluding ortho intramolecular Hbond substituents is 1. The number of aliphatic hydroxyl groups excluding tert-OH is 2. The quantitative estimate of drug-likeness (QED) is 0.209. The van der Waals surface area contributed by atoms with Gasteiger partial charge in [0, 0.05) is 17.1 Å². The number of aliphatic hydroxyl groups is 2. The number of amides is 2. The molecule has 198 valence electrons. The molecule has 0 spiro atoms. The first-order chi connectivity index (χ1) is 17.5. The number of pyridine rings is 1. The molecule has 2 heterocycles. The molecule has 2 amide bonds. The van der Waals surface area contributed by atoms with E-state index < -0.39 is 49.0 Å². The third-order valence-electron chi connectivity index (χ3n) is 5.17. The monoisotopic (exact) mass is 598 g/mol. The van der Waals surface area contributed by atoms with Crippen LogP contribution in [0.4, 0.5) is 5.69 Å². The summed E-state index contributed by atoms with van der Waals surface area (Å²) in [5.41, 5.74) is 0.594. The number of carboxylic acid groups (broad SMARTS) is 1. The van der Waals surface area contributed by atoms with Gasteiger partial charge >= 0.3 is 5.97 Å². The number of aromatic hydroxyl groups is 1. The van der Waals surface area contributed by atoms with Crippen LogP contribution in [-0.4, -0.2) is 81.0 Å². The van der Waals surface area contributed by atoms with Crippen molar-refractivity contribution in [1.82, 2.24) is 20.9 Å². The summed E-state index contributed by atoms with van der Waals surface area (Å²) in [7, 11) is 0. The van der Waals surface area contributed by atoms with E-state index in [1.807, 2.05) is 0 Å². The van der Waals surface area contributed by atoms with Crippen LogP contribution in [0.3, 0.4) is 0 Å². The fraction of sp³-hybridized carbons (Fsp3) is 0.318. The predicted octanol–water partition coefficient (Wildman–Crippen LogP) is 0.358. The van der Waals surface area contributed by atoms with Crippen molar-refractivity contribution in [2.24, 2.45) is 4.99 Å². The summed E-state index contributed by atoms with van der Waals surface area (Å²) in [5, 5.41) is 49.7. The summed E-state index contributed by atoms with van der Waals surface area (Å²) in [5.74, 6) is -2.52. The molecule has 0 aliphatic carbocycles. The number of hydrogen-bond acceptors (Lipinski definition) is 10. The highest BCUT2D eigenvalue weighted by Gasteiger charge is 2.24. The van der Waals surface area contributed by atoms with Gasteiger partial charge in [0.2, 0.25) is 5.91 Å². The lowest BCUT2D eigenvalue weighted by molar-refractivity contribution is -0.137. The normalized spacial score (nSPS) is 18.0. The van der Waals surface area contributed by atoms with Crippen LogP contribution in [0.15, 0.2) is 39.9 Å². The molecule has 13 nitrogen and oxygen atoms in total. The van der Waals surface area contributed by atoms with Crippen molar-refractivity contribution in [1.29, 1.82) is 0 Å². The van der Waals surface area contributed by atoms with Crippen LogP contribution >= 0.6 is 27.5 Å². The molecule has 1 aliphatic heterocycles. The number of aromatic nitrogens is 1. The molecular formula is C22H24BrClN6O7. The lowest BCUT2D eigenvalue weighted by atomic mass is 10.0. The highest BCUT2D eigenvalue weighted by molar-refractivity contribution is 9.10. The van der Waals surface area contributed by atoms with Gasteiger partial charge in [-0.05, 0) is 40.2 Å². The van der Waals surface area contributed by atoms with Gasteiger partial charge in [0.15, 0.2) is 5.96 Å². The van der Waals surface area contributed by atoms with Gasteiger partial charge in [-0.1, -0.05) is 11.6 Å². The molecule has 2 aromatic rings. The molecular weight excluding hydrogens is 576 g/mol. The van der Waals surface area contributed by atoms with Crippen molar-refractivity contribution >= 4 is 57.0 Å². The lowest BCUT2D eigenvalue weighted by Gasteiger charge is -2.19. The molecule has 37 heavy (non-hydrogen) atoms. The minimum atomic E-state index is -1.22. The van der Waals surface area contributed by atoms with Crippen LogP contribution in [0.5, 0.6) is 5.75 Å². The number of β-amino-alcohol motifs (C(OH)–C–C–N with tert-alkyl or cyclic N) is 1. The number of rotatable bonds is 8. The van der Waals surface area contributed by atoms with Crippen LogP contribution < -0.4 is 21.3 Å². The number of carbonyl (C=O) groups is 3. The molecule has 3 atom stereocenters. The Morgan fingerprint density at radius 1 is 1.22 bits per heavy atom. The summed E-state index contributed by atoms with van der Waals surface area (Å²) >= 11 is 9.12. The maximum absolute atomic E-state index is 12.4. The van der Waals surface area contributed by atoms with E-state index in [9.17, 15) is 34.8 Å². The summed E-state index contributed by atoms with van der Waals surface area (Å²) in [6.45, 7) is -0.372. The number of benzene rings is 1. The first-order valence-corrected chi connectivity index (χ1v) is 12.1. The van der Waals surface area contributed by atoms with Crippen molar-refractivity contribution in [2.45, 2.75) is 24.7 Å². The fourth-order valence-electron chi connectivity index (χ4n) is 3.28. The largest absolute Gasteiger partial charge is 0.506 e. The predicted molar refractivity (Wildman–Crippen MR) is 136 cm³/mol. The van der Waals surface area contributed by atoms with Gasteiger partial charge in [-0.15, -0.1) is 0 Å². The number of aliphatic carboxylic acids is 1. The third-order valence-corrected chi connectivity index (χ3v) is 6.00. The zero-order valence-corrected chi connectivity index (χ0v) is 21.5. The molecule has 0 bridgehead atoms. The number of hydrogen-bond donors (Lipinski definition) is 8. The summed E-state index contributed by atoms with van der Waals surface area (Å²) in [6.07, 6.45) is -1.11. The van der Waals surface area contributed by atoms with E-state index in [1.54, 1.807) is 6.07 Å². The van der Waals surface area contributed by atoms with E-state index in [1.165, 1.54) is 24.4 Å². The van der Waals surface area contributed by atoms with E-state index in [4.69, 9.17) is 11.6 Å². The third kappa shape index (κ3) is 8.01. The Kier molecular flexibility index (Phi) is 9.63. The van der Waals surface area contributed by atoms with Crippen molar-refractivity contribution in [3.63, 3.8) is 0 Å². The van der Waals surface area contributed by atoms with Crippen LogP contribution in [0.2, 0.25) is 5.02 Å². The van der Waals surface area contributed by atoms with Crippen molar-refractivity contribution in [3.8, 4) is 5.75 Å². The Hall–Kier alpha value is -3.46. The number of nitrogens with one attached hydrogen (secondary N) is 4. The highest BCUT2D eigenvalue weighted by Crippen LogP contribution is 2.36. The summed E-state index contributed by atoms with van der Waals surface area (Å²) in [6, 6.07) is 4.61. The number of carbonyl (C=O) groups excluding carboxylic acids is 2. The smallest absolute Gasteiger partial charge is 0.305 e. The molecule has 15 heteroatoms. The number of carboxylic acids is 1. The number of nitrogens with zero attached hydrogens (tertiary/aromatic N) is 2. The van der Waals surface area contributed by atoms with Crippen LogP contribution in [-0.2, 0) is 9.59 Å². The van der Waals surface area contributed by atoms with E-state index in [-0.39, 0.29) is 39.6 Å². The van der Waals surface area contributed by atoms with Crippen LogP contribution in [0.25, 0.3) is 0 Å². The van der Waals surface area contributed by atoms with E-state index >= 15 is 0 Å². The average molecular weight is 600 g/mol. The van der Waals surface area contributed by atoms with Crippen molar-refractivity contribution < 1.29 is 34.8 Å². The first kappa shape index (κ1) is 28.1. The number of guanidine groups is 1. The van der Waals surface area contributed by atoms with Crippen LogP contribution in [0, 0.1) is 0 Å². The standard InChI is InChI=1S/C22H24BrClN6O7/c23-13-4-10(24)3-12(20(13)36)15(5-19(34)35)30-18(33)9-26-21(37)14-2-1-11(6-25-14)29-22-27-7-16(31)17(32)8-28-22/h1-4,6,15-17,31-32,36H,5,7-9H2,(H,26,37)(H,30,33)(H,34,35)(H2,27,28,29)/t15?,16-,17-/m0/s1. The Morgan fingerprint density at radius 2 is 1.97 bits per heavy atom. The summed E-state index contributed by atoms with van der Waals surface area (Å²) < 4.78 is 0.231. The molecule has 1 aromatic heterocycles. The molecule has 0 saturated heterocycles. The van der Waals surface area contributed by atoms with Gasteiger partial charge in [0.25, 0.3) is 5.91 Å². The molecule has 3 rings (SSSR count). The molecule has 0 saturated carbocycles. The SMILES string of the molecule is O=C(O)CC(NC(=O)CNC(=O)c1ccc(NC2=NC[C@H](O)[C@@H](O)CN2)cn1)c1cc(Cl)cc(Br)c1O. The topological polar surface area (TPSA) is 205 Å². The summed E-state index contributed by atoms with van der Waals surface area (Å²) in [4.78, 5) is 44.3. The minimum absolute atomic E-state index is 0.00794. The molecule has 0 radical (unpaired) electrons. The van der Waals surface area contributed by atoms with Crippen LogP contribution in [0.1, 0.15) is 28.5 Å². The van der Waals surface area contributed by atoms with Crippen molar-refractivity contribution in [2.75, 3.05) is 25.0 Å². The van der Waals surface area contributed by atoms with Gasteiger partial charge in [-0.2, -0.15) is 0 Å². The van der Waals surface area contributed by atoms with Gasteiger partial charge in [-0.3, -0.25) is 19.4 Å². The Bertz CT molecular complexity index is 1200. The molecule has 1 unspecified atom stereocenters. The number of halogens is 2. The second kappa shape index (κ2) is 12.7. The molecule has 8 N–H and O–H groups in total. The second-order valence-corrected chi connectivity index (χ2v) is 9.28. The average Bonchev–Trinajstić information content (AvgIpc) is 3.00. The number of phenols is 1. The zero-order valence-electron chi connectivity index (χ0n) is 19.1. The lowest BCUT2D eigenvalue weighted by Crippen LogP contribution is -2.39.